The minimum Gasteiger partial charge on any atom is -0.324 e. The van der Waals surface area contributed by atoms with Crippen molar-refractivity contribution < 1.29 is 17.6 Å². The summed E-state index contributed by atoms with van der Waals surface area (Å²) in [5.41, 5.74) is 0.0258. The summed E-state index contributed by atoms with van der Waals surface area (Å²) in [7, 11) is -2.23. The highest BCUT2D eigenvalue weighted by molar-refractivity contribution is 7.92. The van der Waals surface area contributed by atoms with E-state index in [4.69, 9.17) is 0 Å². The highest BCUT2D eigenvalue weighted by Crippen LogP contribution is 2.22. The Hall–Kier alpha value is -2.42. The predicted molar refractivity (Wildman–Crippen MR) is 74.7 cm³/mol. The van der Waals surface area contributed by atoms with Gasteiger partial charge in [-0.2, -0.15) is 5.10 Å². The topological polar surface area (TPSA) is 93.1 Å². The number of nitrogens with one attached hydrogen (secondary N) is 2. The van der Waals surface area contributed by atoms with Gasteiger partial charge in [0, 0.05) is 20.2 Å². The summed E-state index contributed by atoms with van der Waals surface area (Å²) in [6, 6.07) is 3.52. The third-order valence-electron chi connectivity index (χ3n) is 2.52. The van der Waals surface area contributed by atoms with Crippen LogP contribution in [0.3, 0.4) is 0 Å². The highest BCUT2D eigenvalue weighted by atomic mass is 32.2. The van der Waals surface area contributed by atoms with Gasteiger partial charge in [-0.25, -0.2) is 12.8 Å². The van der Waals surface area contributed by atoms with Gasteiger partial charge in [0.1, 0.15) is 10.7 Å². The van der Waals surface area contributed by atoms with E-state index in [0.29, 0.717) is 0 Å². The molecule has 0 bridgehead atoms. The van der Waals surface area contributed by atoms with Gasteiger partial charge in [-0.15, -0.1) is 0 Å². The molecule has 1 amide bonds. The maximum atomic E-state index is 13.5. The van der Waals surface area contributed by atoms with E-state index in [1.165, 1.54) is 36.1 Å². The molecule has 0 unspecified atom stereocenters. The number of anilines is 2. The number of benzene rings is 1. The number of amides is 1. The molecule has 21 heavy (non-hydrogen) atoms. The second-order valence-corrected chi connectivity index (χ2v) is 6.01. The Kier molecular flexibility index (Phi) is 3.94. The molecule has 0 aliphatic carbocycles. The number of carbonyl (C=O) groups excluding carboxylic acids is 1. The number of rotatable bonds is 4. The van der Waals surface area contributed by atoms with E-state index in [1.807, 2.05) is 0 Å². The van der Waals surface area contributed by atoms with E-state index in [2.05, 4.69) is 15.1 Å². The fraction of sp³-hybridized carbons (Fsp3) is 0.167. The quantitative estimate of drug-likeness (QED) is 0.890. The first-order valence-electron chi connectivity index (χ1n) is 5.86. The van der Waals surface area contributed by atoms with Crippen LogP contribution < -0.4 is 10.0 Å². The van der Waals surface area contributed by atoms with Crippen molar-refractivity contribution in [1.82, 2.24) is 9.78 Å². The van der Waals surface area contributed by atoms with Crippen LogP contribution in [0.5, 0.6) is 0 Å². The third kappa shape index (κ3) is 3.57. The maximum Gasteiger partial charge on any atom is 0.265 e. The normalized spacial score (nSPS) is 11.2. The van der Waals surface area contributed by atoms with Crippen LogP contribution in [-0.4, -0.2) is 24.1 Å². The van der Waals surface area contributed by atoms with Crippen molar-refractivity contribution in [3.05, 3.63) is 36.4 Å². The van der Waals surface area contributed by atoms with Gasteiger partial charge < -0.3 is 5.32 Å². The third-order valence-corrected chi connectivity index (χ3v) is 3.86. The molecule has 0 radical (unpaired) electrons. The highest BCUT2D eigenvalue weighted by Gasteiger charge is 2.17. The summed E-state index contributed by atoms with van der Waals surface area (Å²) >= 11 is 0. The van der Waals surface area contributed by atoms with Crippen molar-refractivity contribution in [2.24, 2.45) is 7.05 Å². The van der Waals surface area contributed by atoms with Gasteiger partial charge in [-0.3, -0.25) is 14.2 Å². The van der Waals surface area contributed by atoms with E-state index in [1.54, 1.807) is 7.05 Å². The lowest BCUT2D eigenvalue weighted by atomic mass is 10.2. The van der Waals surface area contributed by atoms with E-state index in [9.17, 15) is 17.6 Å². The van der Waals surface area contributed by atoms with Gasteiger partial charge in [0.15, 0.2) is 0 Å². The molecule has 0 aliphatic rings. The van der Waals surface area contributed by atoms with Crippen molar-refractivity contribution in [3.63, 3.8) is 0 Å². The first-order chi connectivity index (χ1) is 9.78. The molecular formula is C12H13FN4O3S. The van der Waals surface area contributed by atoms with Gasteiger partial charge in [-0.05, 0) is 18.2 Å². The molecule has 0 aliphatic heterocycles. The Balaban J connectivity index is 2.29. The zero-order valence-electron chi connectivity index (χ0n) is 11.3. The van der Waals surface area contributed by atoms with Crippen LogP contribution >= 0.6 is 0 Å². The fourth-order valence-corrected chi connectivity index (χ4v) is 2.66. The zero-order chi connectivity index (χ0) is 15.6. The molecule has 112 valence electrons. The Morgan fingerprint density at radius 3 is 2.67 bits per heavy atom. The summed E-state index contributed by atoms with van der Waals surface area (Å²) in [6.07, 6.45) is 2.53. The number of sulfonamides is 1. The van der Waals surface area contributed by atoms with E-state index in [-0.39, 0.29) is 16.3 Å². The number of nitrogens with zero attached hydrogens (tertiary/aromatic N) is 2. The van der Waals surface area contributed by atoms with Gasteiger partial charge in [0.05, 0.1) is 17.6 Å². The largest absolute Gasteiger partial charge is 0.324 e. The molecule has 0 saturated heterocycles. The molecular weight excluding hydrogens is 299 g/mol. The van der Waals surface area contributed by atoms with E-state index in [0.717, 1.165) is 6.07 Å². The van der Waals surface area contributed by atoms with Crippen molar-refractivity contribution in [1.29, 1.82) is 0 Å². The second-order valence-electron chi connectivity index (χ2n) is 4.33. The predicted octanol–water partition coefficient (Wildman–Crippen LogP) is 1.32. The molecule has 0 fully saturated rings. The number of aryl methyl sites for hydroxylation is 1. The molecule has 0 spiro atoms. The first-order valence-corrected chi connectivity index (χ1v) is 7.35. The Morgan fingerprint density at radius 1 is 1.38 bits per heavy atom. The summed E-state index contributed by atoms with van der Waals surface area (Å²) in [4.78, 5) is 10.9. The second kappa shape index (κ2) is 5.52. The van der Waals surface area contributed by atoms with Gasteiger partial charge in [0.2, 0.25) is 5.91 Å². The van der Waals surface area contributed by atoms with Crippen LogP contribution in [0.2, 0.25) is 0 Å². The molecule has 1 heterocycles. The summed E-state index contributed by atoms with van der Waals surface area (Å²) in [5, 5.41) is 6.05. The zero-order valence-corrected chi connectivity index (χ0v) is 12.1. The van der Waals surface area contributed by atoms with Crippen LogP contribution in [0.15, 0.2) is 35.5 Å². The minimum atomic E-state index is -3.82. The number of aromatic nitrogens is 2. The number of hydrogen-bond donors (Lipinski definition) is 2. The smallest absolute Gasteiger partial charge is 0.265 e. The molecule has 2 rings (SSSR count). The molecule has 1 aromatic carbocycles. The SMILES string of the molecule is CC(=O)Nc1cc(NS(=O)(=O)c2cnn(C)c2)ccc1F. The summed E-state index contributed by atoms with van der Waals surface area (Å²) in [5.74, 6) is -1.12. The molecule has 2 N–H and O–H groups in total. The van der Waals surface area contributed by atoms with Crippen LogP contribution in [0, 0.1) is 5.82 Å². The lowest BCUT2D eigenvalue weighted by Gasteiger charge is -2.09. The summed E-state index contributed by atoms with van der Waals surface area (Å²) in [6.45, 7) is 1.23. The standard InChI is InChI=1S/C12H13FN4O3S/c1-8(18)15-12-5-9(3-4-11(12)13)16-21(19,20)10-6-14-17(2)7-10/h3-7,16H,1-2H3,(H,15,18). The monoisotopic (exact) mass is 312 g/mol. The van der Waals surface area contributed by atoms with Crippen LogP contribution in [0.25, 0.3) is 0 Å². The number of carbonyl (C=O) groups is 1. The van der Waals surface area contributed by atoms with E-state index < -0.39 is 21.7 Å². The average molecular weight is 312 g/mol. The Morgan fingerprint density at radius 2 is 2.10 bits per heavy atom. The fourth-order valence-electron chi connectivity index (χ4n) is 1.63. The molecule has 0 saturated carbocycles. The number of hydrogen-bond acceptors (Lipinski definition) is 4. The lowest BCUT2D eigenvalue weighted by Crippen LogP contribution is -2.13. The summed E-state index contributed by atoms with van der Waals surface area (Å²) < 4.78 is 41.3. The molecule has 9 heteroatoms. The van der Waals surface area contributed by atoms with Crippen molar-refractivity contribution in [3.8, 4) is 0 Å². The van der Waals surface area contributed by atoms with Crippen molar-refractivity contribution in [2.75, 3.05) is 10.0 Å². The van der Waals surface area contributed by atoms with Gasteiger partial charge in [0.25, 0.3) is 10.0 Å². The molecule has 1 aromatic heterocycles. The van der Waals surface area contributed by atoms with Crippen LogP contribution in [0.4, 0.5) is 15.8 Å². The molecule has 0 atom stereocenters. The number of halogens is 1. The minimum absolute atomic E-state index is 0.0181. The first kappa shape index (κ1) is 15.0. The van der Waals surface area contributed by atoms with Crippen molar-refractivity contribution in [2.45, 2.75) is 11.8 Å². The van der Waals surface area contributed by atoms with Crippen LogP contribution in [-0.2, 0) is 21.9 Å². The van der Waals surface area contributed by atoms with Gasteiger partial charge >= 0.3 is 0 Å². The average Bonchev–Trinajstić information content (AvgIpc) is 2.80. The van der Waals surface area contributed by atoms with E-state index >= 15 is 0 Å². The Bertz CT molecular complexity index is 786. The molecule has 2 aromatic rings. The molecule has 7 nitrogen and oxygen atoms in total. The Labute approximate surface area is 120 Å². The lowest BCUT2D eigenvalue weighted by molar-refractivity contribution is -0.114. The van der Waals surface area contributed by atoms with Crippen LogP contribution in [0.1, 0.15) is 6.92 Å². The maximum absolute atomic E-state index is 13.5. The van der Waals surface area contributed by atoms with Crippen molar-refractivity contribution >= 4 is 27.3 Å². The van der Waals surface area contributed by atoms with Gasteiger partial charge in [-0.1, -0.05) is 0 Å².